The van der Waals surface area contributed by atoms with Crippen molar-refractivity contribution in [3.63, 3.8) is 0 Å². The van der Waals surface area contributed by atoms with Crippen molar-refractivity contribution < 1.29 is 9.53 Å². The molecule has 0 aliphatic carbocycles. The van der Waals surface area contributed by atoms with Gasteiger partial charge in [-0.15, -0.1) is 0 Å². The van der Waals surface area contributed by atoms with Crippen LogP contribution in [-0.2, 0) is 22.4 Å². The van der Waals surface area contributed by atoms with Gasteiger partial charge in [-0.3, -0.25) is 4.79 Å². The quantitative estimate of drug-likeness (QED) is 0.779. The van der Waals surface area contributed by atoms with Crippen LogP contribution in [0.1, 0.15) is 24.5 Å². The summed E-state index contributed by atoms with van der Waals surface area (Å²) in [6, 6.07) is 20.5. The largest absolute Gasteiger partial charge is 0.461 e. The van der Waals surface area contributed by atoms with Crippen molar-refractivity contribution in [2.45, 2.75) is 32.3 Å². The van der Waals surface area contributed by atoms with Crippen LogP contribution in [0.15, 0.2) is 60.7 Å². The van der Waals surface area contributed by atoms with Gasteiger partial charge in [0.15, 0.2) is 0 Å². The Balaban J connectivity index is 1.65. The lowest BCUT2D eigenvalue weighted by Gasteiger charge is -2.44. The summed E-state index contributed by atoms with van der Waals surface area (Å²) in [5, 5.41) is 0. The predicted octanol–water partition coefficient (Wildman–Crippen LogP) is 3.79. The first-order chi connectivity index (χ1) is 10.2. The molecule has 1 heterocycles. The van der Waals surface area contributed by atoms with Crippen LogP contribution < -0.4 is 0 Å². The summed E-state index contributed by atoms with van der Waals surface area (Å²) in [5.41, 5.74) is 2.11. The fraction of sp³-hybridized carbons (Fsp3) is 0.316. The van der Waals surface area contributed by atoms with Gasteiger partial charge >= 0.3 is 5.97 Å². The van der Waals surface area contributed by atoms with Crippen molar-refractivity contribution in [1.29, 1.82) is 0 Å². The average molecular weight is 280 g/mol. The second kappa shape index (κ2) is 5.72. The zero-order valence-electron chi connectivity index (χ0n) is 12.3. The van der Waals surface area contributed by atoms with Crippen LogP contribution in [0.3, 0.4) is 0 Å². The number of cyclic esters (lactones) is 1. The molecule has 108 valence electrons. The molecule has 0 radical (unpaired) electrons. The topological polar surface area (TPSA) is 26.3 Å². The number of carbonyl (C=O) groups excluding carboxylic acids is 1. The third-order valence-corrected chi connectivity index (χ3v) is 4.38. The molecule has 1 saturated heterocycles. The first-order valence-corrected chi connectivity index (χ1v) is 7.47. The van der Waals surface area contributed by atoms with Crippen molar-refractivity contribution in [3.05, 3.63) is 71.8 Å². The van der Waals surface area contributed by atoms with Gasteiger partial charge in [-0.1, -0.05) is 60.7 Å². The molecule has 0 aromatic heterocycles. The number of carbonyl (C=O) groups is 1. The standard InChI is InChI=1S/C19H20O2/c1-19(14-16-10-6-3-7-11-16)17(21-18(19)20)13-12-15-8-4-2-5-9-15/h2-11,17H,12-14H2,1H3/t17?,19-/m0/s1. The molecule has 1 fully saturated rings. The van der Waals surface area contributed by atoms with E-state index in [0.717, 1.165) is 19.3 Å². The maximum Gasteiger partial charge on any atom is 0.316 e. The molecule has 0 N–H and O–H groups in total. The van der Waals surface area contributed by atoms with E-state index in [-0.39, 0.29) is 17.5 Å². The van der Waals surface area contributed by atoms with Gasteiger partial charge in [0.2, 0.25) is 0 Å². The van der Waals surface area contributed by atoms with E-state index < -0.39 is 0 Å². The number of aryl methyl sites for hydroxylation is 1. The lowest BCUT2D eigenvalue weighted by molar-refractivity contribution is -0.204. The van der Waals surface area contributed by atoms with Crippen LogP contribution in [-0.4, -0.2) is 12.1 Å². The minimum atomic E-state index is -0.379. The van der Waals surface area contributed by atoms with Crippen molar-refractivity contribution in [3.8, 4) is 0 Å². The molecule has 1 unspecified atom stereocenters. The third-order valence-electron chi connectivity index (χ3n) is 4.38. The number of ether oxygens (including phenoxy) is 1. The van der Waals surface area contributed by atoms with Crippen molar-refractivity contribution in [1.82, 2.24) is 0 Å². The molecule has 0 spiro atoms. The van der Waals surface area contributed by atoms with E-state index in [1.807, 2.05) is 43.3 Å². The van der Waals surface area contributed by atoms with Crippen LogP contribution >= 0.6 is 0 Å². The van der Waals surface area contributed by atoms with Crippen molar-refractivity contribution in [2.24, 2.45) is 5.41 Å². The van der Waals surface area contributed by atoms with Crippen molar-refractivity contribution in [2.75, 3.05) is 0 Å². The van der Waals surface area contributed by atoms with Gasteiger partial charge in [0.25, 0.3) is 0 Å². The number of hydrogen-bond donors (Lipinski definition) is 0. The summed E-state index contributed by atoms with van der Waals surface area (Å²) in [6.45, 7) is 2.03. The normalized spacial score (nSPS) is 24.2. The highest BCUT2D eigenvalue weighted by Gasteiger charge is 2.53. The molecule has 0 bridgehead atoms. The van der Waals surface area contributed by atoms with E-state index in [1.165, 1.54) is 11.1 Å². The van der Waals surface area contributed by atoms with Gasteiger partial charge in [-0.05, 0) is 37.3 Å². The van der Waals surface area contributed by atoms with E-state index >= 15 is 0 Å². The third kappa shape index (κ3) is 2.85. The minimum absolute atomic E-state index is 0.0189. The van der Waals surface area contributed by atoms with Gasteiger partial charge in [-0.2, -0.15) is 0 Å². The monoisotopic (exact) mass is 280 g/mol. The highest BCUT2D eigenvalue weighted by Crippen LogP contribution is 2.41. The SMILES string of the molecule is C[C@@]1(Cc2ccccc2)C(=O)OC1CCc1ccccc1. The van der Waals surface area contributed by atoms with Gasteiger partial charge in [-0.25, -0.2) is 0 Å². The highest BCUT2D eigenvalue weighted by molar-refractivity contribution is 5.83. The van der Waals surface area contributed by atoms with Gasteiger partial charge in [0.1, 0.15) is 11.5 Å². The van der Waals surface area contributed by atoms with Crippen LogP contribution in [0.2, 0.25) is 0 Å². The molecule has 2 heteroatoms. The Kier molecular flexibility index (Phi) is 3.78. The average Bonchev–Trinajstić information content (AvgIpc) is 2.53. The van der Waals surface area contributed by atoms with Gasteiger partial charge in [0.05, 0.1) is 0 Å². The van der Waals surface area contributed by atoms with Crippen LogP contribution in [0.25, 0.3) is 0 Å². The fourth-order valence-corrected chi connectivity index (χ4v) is 2.99. The molecule has 0 saturated carbocycles. The summed E-state index contributed by atoms with van der Waals surface area (Å²) >= 11 is 0. The minimum Gasteiger partial charge on any atom is -0.461 e. The van der Waals surface area contributed by atoms with E-state index in [2.05, 4.69) is 24.3 Å². The van der Waals surface area contributed by atoms with E-state index in [4.69, 9.17) is 4.74 Å². The summed E-state index contributed by atoms with van der Waals surface area (Å²) < 4.78 is 5.41. The molecule has 3 rings (SSSR count). The van der Waals surface area contributed by atoms with Crippen LogP contribution in [0, 0.1) is 5.41 Å². The Hall–Kier alpha value is -2.09. The Morgan fingerprint density at radius 3 is 2.10 bits per heavy atom. The Morgan fingerprint density at radius 1 is 0.952 bits per heavy atom. The fourth-order valence-electron chi connectivity index (χ4n) is 2.99. The first-order valence-electron chi connectivity index (χ1n) is 7.47. The molecular weight excluding hydrogens is 260 g/mol. The van der Waals surface area contributed by atoms with Crippen LogP contribution in [0.4, 0.5) is 0 Å². The zero-order chi connectivity index (χ0) is 14.7. The Bertz CT molecular complexity index is 606. The zero-order valence-corrected chi connectivity index (χ0v) is 12.3. The van der Waals surface area contributed by atoms with E-state index in [9.17, 15) is 4.79 Å². The Morgan fingerprint density at radius 2 is 1.52 bits per heavy atom. The number of rotatable bonds is 5. The number of esters is 1. The summed E-state index contributed by atoms with van der Waals surface area (Å²) in [6.07, 6.45) is 2.61. The molecule has 2 aromatic carbocycles. The molecule has 2 nitrogen and oxygen atoms in total. The van der Waals surface area contributed by atoms with Gasteiger partial charge < -0.3 is 4.74 Å². The van der Waals surface area contributed by atoms with Gasteiger partial charge in [0, 0.05) is 0 Å². The lowest BCUT2D eigenvalue weighted by atomic mass is 9.72. The first kappa shape index (κ1) is 13.9. The molecule has 1 aliphatic heterocycles. The van der Waals surface area contributed by atoms with Crippen molar-refractivity contribution >= 4 is 5.97 Å². The van der Waals surface area contributed by atoms with E-state index in [1.54, 1.807) is 0 Å². The molecule has 0 amide bonds. The molecular formula is C19H20O2. The second-order valence-electron chi connectivity index (χ2n) is 6.00. The Labute approximate surface area is 125 Å². The molecule has 2 aromatic rings. The molecule has 1 aliphatic rings. The molecule has 2 atom stereocenters. The summed E-state index contributed by atoms with van der Waals surface area (Å²) in [5.74, 6) is -0.0654. The smallest absolute Gasteiger partial charge is 0.316 e. The maximum atomic E-state index is 12.0. The summed E-state index contributed by atoms with van der Waals surface area (Å²) in [4.78, 5) is 12.0. The summed E-state index contributed by atoms with van der Waals surface area (Å²) in [7, 11) is 0. The molecule has 21 heavy (non-hydrogen) atoms. The number of hydrogen-bond acceptors (Lipinski definition) is 2. The number of benzene rings is 2. The predicted molar refractivity (Wildman–Crippen MR) is 82.9 cm³/mol. The van der Waals surface area contributed by atoms with E-state index in [0.29, 0.717) is 0 Å². The maximum absolute atomic E-state index is 12.0. The highest BCUT2D eigenvalue weighted by atomic mass is 16.6. The van der Waals surface area contributed by atoms with Crippen LogP contribution in [0.5, 0.6) is 0 Å². The second-order valence-corrected chi connectivity index (χ2v) is 6.00. The lowest BCUT2D eigenvalue weighted by Crippen LogP contribution is -2.56.